The summed E-state index contributed by atoms with van der Waals surface area (Å²) in [4.78, 5) is 12.3. The molecule has 3 nitrogen and oxygen atoms in total. The number of carbonyl (C=O) groups is 1. The Labute approximate surface area is 138 Å². The minimum Gasteiger partial charge on any atom is -0.325 e. The maximum atomic E-state index is 12.3. The fourth-order valence-corrected chi connectivity index (χ4v) is 2.34. The van der Waals surface area contributed by atoms with Gasteiger partial charge in [0, 0.05) is 12.2 Å². The lowest BCUT2D eigenvalue weighted by molar-refractivity contribution is -0.115. The van der Waals surface area contributed by atoms with Gasteiger partial charge in [0.1, 0.15) is 0 Å². The highest BCUT2D eigenvalue weighted by Crippen LogP contribution is 2.16. The molecule has 2 aromatic rings. The second kappa shape index (κ2) is 8.57. The Morgan fingerprint density at radius 2 is 1.77 bits per heavy atom. The van der Waals surface area contributed by atoms with Crippen molar-refractivity contribution in [2.45, 2.75) is 26.8 Å². The standard InChI is InChI=1S/C18H22N2O.ClH/c1-13-8-9-14(2)16(10-13)11-18(21)20-17-7-5-4-6-15(17)12-19-3;/h4-10,19H,11-12H2,1-3H3,(H,20,21);1H. The molecule has 0 atom stereocenters. The maximum Gasteiger partial charge on any atom is 0.228 e. The summed E-state index contributed by atoms with van der Waals surface area (Å²) in [6, 6.07) is 14.1. The summed E-state index contributed by atoms with van der Waals surface area (Å²) in [6.45, 7) is 4.82. The van der Waals surface area contributed by atoms with Crippen LogP contribution in [0.5, 0.6) is 0 Å². The van der Waals surface area contributed by atoms with Crippen molar-refractivity contribution < 1.29 is 4.79 Å². The summed E-state index contributed by atoms with van der Waals surface area (Å²) in [5, 5.41) is 6.12. The Morgan fingerprint density at radius 1 is 1.05 bits per heavy atom. The van der Waals surface area contributed by atoms with E-state index >= 15 is 0 Å². The molecule has 2 rings (SSSR count). The molecule has 2 N–H and O–H groups in total. The Morgan fingerprint density at radius 3 is 2.50 bits per heavy atom. The van der Waals surface area contributed by atoms with E-state index in [0.717, 1.165) is 28.9 Å². The van der Waals surface area contributed by atoms with Gasteiger partial charge in [0.05, 0.1) is 6.42 Å². The molecule has 22 heavy (non-hydrogen) atoms. The van der Waals surface area contributed by atoms with Crippen LogP contribution in [0.25, 0.3) is 0 Å². The second-order valence-electron chi connectivity index (χ2n) is 5.34. The molecule has 0 radical (unpaired) electrons. The molecule has 0 unspecified atom stereocenters. The fourth-order valence-electron chi connectivity index (χ4n) is 2.34. The predicted molar refractivity (Wildman–Crippen MR) is 94.7 cm³/mol. The Balaban J connectivity index is 0.00000242. The van der Waals surface area contributed by atoms with E-state index in [9.17, 15) is 4.79 Å². The highest BCUT2D eigenvalue weighted by atomic mass is 35.5. The highest BCUT2D eigenvalue weighted by molar-refractivity contribution is 5.93. The van der Waals surface area contributed by atoms with E-state index in [1.807, 2.05) is 45.2 Å². The van der Waals surface area contributed by atoms with Gasteiger partial charge >= 0.3 is 0 Å². The zero-order valence-electron chi connectivity index (χ0n) is 13.3. The molecule has 0 spiro atoms. The molecule has 0 aliphatic rings. The van der Waals surface area contributed by atoms with Crippen LogP contribution >= 0.6 is 12.4 Å². The quantitative estimate of drug-likeness (QED) is 0.884. The summed E-state index contributed by atoms with van der Waals surface area (Å²) < 4.78 is 0. The van der Waals surface area contributed by atoms with Crippen molar-refractivity contribution in [3.8, 4) is 0 Å². The van der Waals surface area contributed by atoms with E-state index in [-0.39, 0.29) is 18.3 Å². The lowest BCUT2D eigenvalue weighted by Crippen LogP contribution is -2.17. The monoisotopic (exact) mass is 318 g/mol. The van der Waals surface area contributed by atoms with Crippen LogP contribution in [0.3, 0.4) is 0 Å². The van der Waals surface area contributed by atoms with Crippen molar-refractivity contribution in [1.29, 1.82) is 0 Å². The number of para-hydroxylation sites is 1. The molecule has 0 saturated heterocycles. The van der Waals surface area contributed by atoms with Gasteiger partial charge in [-0.3, -0.25) is 4.79 Å². The summed E-state index contributed by atoms with van der Waals surface area (Å²) in [5.41, 5.74) is 5.38. The van der Waals surface area contributed by atoms with Crippen molar-refractivity contribution in [1.82, 2.24) is 5.32 Å². The third-order valence-electron chi connectivity index (χ3n) is 3.51. The van der Waals surface area contributed by atoms with Crippen molar-refractivity contribution in [3.05, 3.63) is 64.7 Å². The number of benzene rings is 2. The van der Waals surface area contributed by atoms with E-state index < -0.39 is 0 Å². The molecule has 118 valence electrons. The van der Waals surface area contributed by atoms with E-state index in [1.54, 1.807) is 0 Å². The number of halogens is 1. The van der Waals surface area contributed by atoms with Gasteiger partial charge in [0.15, 0.2) is 0 Å². The topological polar surface area (TPSA) is 41.1 Å². The van der Waals surface area contributed by atoms with Crippen LogP contribution in [0.15, 0.2) is 42.5 Å². The second-order valence-corrected chi connectivity index (χ2v) is 5.34. The van der Waals surface area contributed by atoms with E-state index in [2.05, 4.69) is 28.8 Å². The summed E-state index contributed by atoms with van der Waals surface area (Å²) in [6.07, 6.45) is 0.404. The van der Waals surface area contributed by atoms with Crippen LogP contribution in [-0.2, 0) is 17.8 Å². The molecular formula is C18H23ClN2O. The molecule has 0 aliphatic heterocycles. The molecule has 0 bridgehead atoms. The SMILES string of the molecule is CNCc1ccccc1NC(=O)Cc1cc(C)ccc1C.Cl. The average molecular weight is 319 g/mol. The van der Waals surface area contributed by atoms with Gasteiger partial charge in [0.2, 0.25) is 5.91 Å². The number of carbonyl (C=O) groups excluding carboxylic acids is 1. The average Bonchev–Trinajstić information content (AvgIpc) is 2.45. The zero-order chi connectivity index (χ0) is 15.2. The van der Waals surface area contributed by atoms with Crippen molar-refractivity contribution in [2.24, 2.45) is 0 Å². The summed E-state index contributed by atoms with van der Waals surface area (Å²) in [7, 11) is 1.90. The van der Waals surface area contributed by atoms with E-state index in [4.69, 9.17) is 0 Å². The molecule has 0 aromatic heterocycles. The number of rotatable bonds is 5. The van der Waals surface area contributed by atoms with Gasteiger partial charge in [-0.15, -0.1) is 12.4 Å². The van der Waals surface area contributed by atoms with Gasteiger partial charge in [0.25, 0.3) is 0 Å². The number of aryl methyl sites for hydroxylation is 2. The van der Waals surface area contributed by atoms with Gasteiger partial charge < -0.3 is 10.6 Å². The molecule has 0 fully saturated rings. The number of anilines is 1. The van der Waals surface area contributed by atoms with Crippen LogP contribution in [0, 0.1) is 13.8 Å². The molecule has 1 amide bonds. The fraction of sp³-hybridized carbons (Fsp3) is 0.278. The minimum absolute atomic E-state index is 0. The van der Waals surface area contributed by atoms with E-state index in [1.165, 1.54) is 5.56 Å². The normalized spacial score (nSPS) is 9.95. The number of nitrogens with one attached hydrogen (secondary N) is 2. The summed E-state index contributed by atoms with van der Waals surface area (Å²) >= 11 is 0. The summed E-state index contributed by atoms with van der Waals surface area (Å²) in [5.74, 6) is 0.0206. The Hall–Kier alpha value is -1.84. The Bertz CT molecular complexity index is 641. The van der Waals surface area contributed by atoms with Crippen molar-refractivity contribution in [2.75, 3.05) is 12.4 Å². The molecule has 2 aromatic carbocycles. The first-order chi connectivity index (χ1) is 10.1. The Kier molecular flexibility index (Phi) is 7.09. The first-order valence-electron chi connectivity index (χ1n) is 7.18. The van der Waals surface area contributed by atoms with Crippen LogP contribution < -0.4 is 10.6 Å². The molecule has 0 heterocycles. The van der Waals surface area contributed by atoms with Crippen LogP contribution in [0.1, 0.15) is 22.3 Å². The lowest BCUT2D eigenvalue weighted by Gasteiger charge is -2.12. The number of hydrogen-bond acceptors (Lipinski definition) is 2. The van der Waals surface area contributed by atoms with Gasteiger partial charge in [-0.2, -0.15) is 0 Å². The molecule has 0 saturated carbocycles. The van der Waals surface area contributed by atoms with Gasteiger partial charge in [-0.05, 0) is 43.7 Å². The predicted octanol–water partition coefficient (Wildman–Crippen LogP) is 3.63. The molecule has 4 heteroatoms. The van der Waals surface area contributed by atoms with Crippen LogP contribution in [0.2, 0.25) is 0 Å². The number of amides is 1. The minimum atomic E-state index is 0. The first-order valence-corrected chi connectivity index (χ1v) is 7.18. The zero-order valence-corrected chi connectivity index (χ0v) is 14.1. The largest absolute Gasteiger partial charge is 0.325 e. The van der Waals surface area contributed by atoms with Crippen molar-refractivity contribution in [3.63, 3.8) is 0 Å². The molecular weight excluding hydrogens is 296 g/mol. The van der Waals surface area contributed by atoms with Crippen LogP contribution in [0.4, 0.5) is 5.69 Å². The number of hydrogen-bond donors (Lipinski definition) is 2. The van der Waals surface area contributed by atoms with Gasteiger partial charge in [-0.25, -0.2) is 0 Å². The molecule has 0 aliphatic carbocycles. The smallest absolute Gasteiger partial charge is 0.228 e. The van der Waals surface area contributed by atoms with Crippen molar-refractivity contribution >= 4 is 24.0 Å². The van der Waals surface area contributed by atoms with E-state index in [0.29, 0.717) is 6.42 Å². The van der Waals surface area contributed by atoms with Gasteiger partial charge in [-0.1, -0.05) is 42.0 Å². The maximum absolute atomic E-state index is 12.3. The highest BCUT2D eigenvalue weighted by Gasteiger charge is 2.09. The first kappa shape index (κ1) is 18.2. The lowest BCUT2D eigenvalue weighted by atomic mass is 10.0. The van der Waals surface area contributed by atoms with Crippen LogP contribution in [-0.4, -0.2) is 13.0 Å². The third-order valence-corrected chi connectivity index (χ3v) is 3.51. The third kappa shape index (κ3) is 4.86.